The van der Waals surface area contributed by atoms with Crippen LogP contribution in [0.15, 0.2) is 47.8 Å². The number of ether oxygens (including phenoxy) is 1. The third kappa shape index (κ3) is 6.04. The molecule has 2 rings (SSSR count). The van der Waals surface area contributed by atoms with E-state index in [4.69, 9.17) is 4.74 Å². The number of halogens is 1. The summed E-state index contributed by atoms with van der Waals surface area (Å²) in [4.78, 5) is 25.5. The molecule has 0 aromatic heterocycles. The van der Waals surface area contributed by atoms with Crippen molar-refractivity contribution in [2.24, 2.45) is 0 Å². The van der Waals surface area contributed by atoms with E-state index in [1.165, 1.54) is 13.2 Å². The fourth-order valence-electron chi connectivity index (χ4n) is 3.32. The van der Waals surface area contributed by atoms with Gasteiger partial charge >= 0.3 is 5.97 Å². The molecule has 28 heavy (non-hydrogen) atoms. The van der Waals surface area contributed by atoms with E-state index in [2.05, 4.69) is 6.92 Å². The molecule has 1 heterocycles. The standard InChI is InChI=1S/C23H30FNO3/c1-4-5-6-17(2)21(24)13-11-20-12-14-22(26)25(20)16-15-18-7-9-19(10-8-18)23(27)28-3/h7-11,13,20H,4-6,12,14-16H2,1-3H3/b13-11-,21-17-/t20-/m0/s1. The van der Waals surface area contributed by atoms with Crippen molar-refractivity contribution in [2.75, 3.05) is 13.7 Å². The number of carbonyl (C=O) groups excluding carboxylic acids is 2. The van der Waals surface area contributed by atoms with Gasteiger partial charge in [0.25, 0.3) is 0 Å². The van der Waals surface area contributed by atoms with Crippen LogP contribution in [0.25, 0.3) is 0 Å². The Balaban J connectivity index is 1.96. The monoisotopic (exact) mass is 387 g/mol. The van der Waals surface area contributed by atoms with Crippen LogP contribution >= 0.6 is 0 Å². The van der Waals surface area contributed by atoms with Crippen molar-refractivity contribution in [3.05, 3.63) is 58.9 Å². The summed E-state index contributed by atoms with van der Waals surface area (Å²) in [6, 6.07) is 7.13. The molecular formula is C23H30FNO3. The average molecular weight is 387 g/mol. The largest absolute Gasteiger partial charge is 0.465 e. The normalized spacial score (nSPS) is 17.9. The highest BCUT2D eigenvalue weighted by atomic mass is 19.1. The summed E-state index contributed by atoms with van der Waals surface area (Å²) >= 11 is 0. The van der Waals surface area contributed by atoms with E-state index < -0.39 is 0 Å². The summed E-state index contributed by atoms with van der Waals surface area (Å²) in [5.41, 5.74) is 2.31. The molecule has 1 aromatic carbocycles. The first-order valence-electron chi connectivity index (χ1n) is 9.96. The number of likely N-dealkylation sites (tertiary alicyclic amines) is 1. The van der Waals surface area contributed by atoms with Crippen molar-refractivity contribution in [3.63, 3.8) is 0 Å². The molecular weight excluding hydrogens is 357 g/mol. The van der Waals surface area contributed by atoms with Gasteiger partial charge in [-0.05, 0) is 62.0 Å². The van der Waals surface area contributed by atoms with Crippen LogP contribution < -0.4 is 0 Å². The maximum absolute atomic E-state index is 14.2. The second kappa shape index (κ2) is 10.8. The summed E-state index contributed by atoms with van der Waals surface area (Å²) in [5, 5.41) is 0. The summed E-state index contributed by atoms with van der Waals surface area (Å²) < 4.78 is 18.9. The van der Waals surface area contributed by atoms with Gasteiger partial charge in [-0.1, -0.05) is 31.6 Å². The van der Waals surface area contributed by atoms with Crippen LogP contribution in [0.5, 0.6) is 0 Å². The molecule has 0 N–H and O–H groups in total. The van der Waals surface area contributed by atoms with Gasteiger partial charge in [0, 0.05) is 13.0 Å². The van der Waals surface area contributed by atoms with Crippen LogP contribution in [0.1, 0.15) is 61.9 Å². The molecule has 1 aromatic rings. The van der Waals surface area contributed by atoms with Crippen LogP contribution in [0.4, 0.5) is 4.39 Å². The molecule has 1 atom stereocenters. The van der Waals surface area contributed by atoms with Crippen molar-refractivity contribution in [1.82, 2.24) is 4.90 Å². The van der Waals surface area contributed by atoms with Crippen LogP contribution in [0.2, 0.25) is 0 Å². The van der Waals surface area contributed by atoms with Gasteiger partial charge in [0.05, 0.1) is 18.7 Å². The van der Waals surface area contributed by atoms with Gasteiger partial charge in [0.2, 0.25) is 5.91 Å². The molecule has 0 unspecified atom stereocenters. The number of hydrogen-bond acceptors (Lipinski definition) is 3. The van der Waals surface area contributed by atoms with Crippen molar-refractivity contribution in [2.45, 2.75) is 58.4 Å². The molecule has 1 aliphatic rings. The lowest BCUT2D eigenvalue weighted by Gasteiger charge is -2.22. The molecule has 0 bridgehead atoms. The summed E-state index contributed by atoms with van der Waals surface area (Å²) in [6.45, 7) is 4.49. The molecule has 152 valence electrons. The highest BCUT2D eigenvalue weighted by Crippen LogP contribution is 2.22. The number of esters is 1. The first-order valence-corrected chi connectivity index (χ1v) is 9.96. The Labute approximate surface area is 167 Å². The summed E-state index contributed by atoms with van der Waals surface area (Å²) in [5.74, 6) is -0.449. The minimum atomic E-state index is -0.365. The summed E-state index contributed by atoms with van der Waals surface area (Å²) in [6.07, 6.45) is 8.03. The number of nitrogens with zero attached hydrogens (tertiary/aromatic N) is 1. The lowest BCUT2D eigenvalue weighted by molar-refractivity contribution is -0.128. The minimum Gasteiger partial charge on any atom is -0.465 e. The SMILES string of the molecule is CCCC/C(C)=C(F)/C=C\[C@H]1CCC(=O)N1CCc1ccc(C(=O)OC)cc1. The predicted octanol–water partition coefficient (Wildman–Crippen LogP) is 5.00. The lowest BCUT2D eigenvalue weighted by Crippen LogP contribution is -2.33. The van der Waals surface area contributed by atoms with Gasteiger partial charge in [-0.3, -0.25) is 4.79 Å². The van der Waals surface area contributed by atoms with Gasteiger partial charge in [-0.2, -0.15) is 0 Å². The molecule has 0 radical (unpaired) electrons. The average Bonchev–Trinajstić information content (AvgIpc) is 3.07. The van der Waals surface area contributed by atoms with E-state index in [1.54, 1.807) is 12.1 Å². The van der Waals surface area contributed by atoms with E-state index in [-0.39, 0.29) is 23.7 Å². The van der Waals surface area contributed by atoms with Crippen LogP contribution in [-0.2, 0) is 16.0 Å². The highest BCUT2D eigenvalue weighted by molar-refractivity contribution is 5.89. The van der Waals surface area contributed by atoms with E-state index >= 15 is 0 Å². The topological polar surface area (TPSA) is 46.6 Å². The Morgan fingerprint density at radius 2 is 2.04 bits per heavy atom. The van der Waals surface area contributed by atoms with E-state index in [0.717, 1.165) is 36.8 Å². The minimum absolute atomic E-state index is 0.0634. The van der Waals surface area contributed by atoms with Crippen LogP contribution in [0.3, 0.4) is 0 Å². The molecule has 0 saturated carbocycles. The quantitative estimate of drug-likeness (QED) is 0.443. The van der Waals surface area contributed by atoms with Crippen molar-refractivity contribution in [1.29, 1.82) is 0 Å². The third-order valence-corrected chi connectivity index (χ3v) is 5.17. The van der Waals surface area contributed by atoms with Gasteiger partial charge < -0.3 is 9.64 Å². The first kappa shape index (κ1) is 21.9. The molecule has 4 nitrogen and oxygen atoms in total. The van der Waals surface area contributed by atoms with Crippen molar-refractivity contribution >= 4 is 11.9 Å². The van der Waals surface area contributed by atoms with Crippen molar-refractivity contribution < 1.29 is 18.7 Å². The van der Waals surface area contributed by atoms with Gasteiger partial charge in [0.1, 0.15) is 5.83 Å². The predicted molar refractivity (Wildman–Crippen MR) is 109 cm³/mol. The number of carbonyl (C=O) groups is 2. The number of allylic oxidation sites excluding steroid dienone is 3. The molecule has 1 fully saturated rings. The zero-order valence-corrected chi connectivity index (χ0v) is 17.0. The Morgan fingerprint density at radius 3 is 2.68 bits per heavy atom. The number of rotatable bonds is 9. The highest BCUT2D eigenvalue weighted by Gasteiger charge is 2.28. The van der Waals surface area contributed by atoms with E-state index in [9.17, 15) is 14.0 Å². The third-order valence-electron chi connectivity index (χ3n) is 5.17. The van der Waals surface area contributed by atoms with Gasteiger partial charge in [0.15, 0.2) is 0 Å². The summed E-state index contributed by atoms with van der Waals surface area (Å²) in [7, 11) is 1.35. The number of hydrogen-bond donors (Lipinski definition) is 0. The molecule has 5 heteroatoms. The van der Waals surface area contributed by atoms with Gasteiger partial charge in [-0.15, -0.1) is 0 Å². The second-order valence-corrected chi connectivity index (χ2v) is 7.22. The van der Waals surface area contributed by atoms with Crippen LogP contribution in [0, 0.1) is 0 Å². The molecule has 0 spiro atoms. The number of benzene rings is 1. The molecule has 1 saturated heterocycles. The lowest BCUT2D eigenvalue weighted by atomic mass is 10.1. The Kier molecular flexibility index (Phi) is 8.42. The fourth-order valence-corrected chi connectivity index (χ4v) is 3.32. The Bertz CT molecular complexity index is 737. The Morgan fingerprint density at radius 1 is 1.32 bits per heavy atom. The smallest absolute Gasteiger partial charge is 0.337 e. The number of unbranched alkanes of at least 4 members (excludes halogenated alkanes) is 1. The molecule has 1 aliphatic heterocycles. The zero-order valence-electron chi connectivity index (χ0n) is 17.0. The first-order chi connectivity index (χ1) is 13.5. The second-order valence-electron chi connectivity index (χ2n) is 7.22. The van der Waals surface area contributed by atoms with E-state index in [0.29, 0.717) is 24.9 Å². The molecule has 1 amide bonds. The van der Waals surface area contributed by atoms with Crippen molar-refractivity contribution in [3.8, 4) is 0 Å². The maximum Gasteiger partial charge on any atom is 0.337 e. The number of methoxy groups -OCH3 is 1. The molecule has 0 aliphatic carbocycles. The Hall–Kier alpha value is -2.43. The maximum atomic E-state index is 14.2. The van der Waals surface area contributed by atoms with Crippen LogP contribution in [-0.4, -0.2) is 36.5 Å². The van der Waals surface area contributed by atoms with Gasteiger partial charge in [-0.25, -0.2) is 9.18 Å². The fraction of sp³-hybridized carbons (Fsp3) is 0.478. The number of amides is 1. The van der Waals surface area contributed by atoms with E-state index in [1.807, 2.05) is 30.0 Å². The zero-order chi connectivity index (χ0) is 20.5.